The fraction of sp³-hybridized carbons (Fsp3) is 0.130. The summed E-state index contributed by atoms with van der Waals surface area (Å²) in [6, 6.07) is 19.8. The minimum absolute atomic E-state index is 0.0378. The van der Waals surface area contributed by atoms with E-state index in [0.717, 1.165) is 11.3 Å². The number of hydrogen-bond donors (Lipinski definition) is 2. The van der Waals surface area contributed by atoms with Gasteiger partial charge in [0.1, 0.15) is 5.75 Å². The Morgan fingerprint density at radius 2 is 1.69 bits per heavy atom. The monoisotopic (exact) mass is 452 g/mol. The fourth-order valence-corrected chi connectivity index (χ4v) is 3.87. The lowest BCUT2D eigenvalue weighted by Crippen LogP contribution is -2.19. The Morgan fingerprint density at radius 1 is 1.00 bits per heavy atom. The maximum absolute atomic E-state index is 12.7. The first kappa shape index (κ1) is 22.8. The topological polar surface area (TPSA) is 100 Å². The van der Waals surface area contributed by atoms with Crippen LogP contribution in [0.4, 0.5) is 11.4 Å². The van der Waals surface area contributed by atoms with Gasteiger partial charge in [0.25, 0.3) is 15.9 Å². The first-order valence-electron chi connectivity index (χ1n) is 9.66. The number of amides is 1. The van der Waals surface area contributed by atoms with Crippen molar-refractivity contribution in [3.63, 3.8) is 0 Å². The standard InChI is InChI=1S/C23H24N4O4S/c1-27(2)20-11-7-17(8-12-20)16-24-25-23(28)18-5-4-6-22(15-18)32(29,30)26-19-9-13-21(31-3)14-10-19/h4-16,26H,1-3H3,(H,25,28)/b24-16+. The van der Waals surface area contributed by atoms with Gasteiger partial charge < -0.3 is 9.64 Å². The molecule has 32 heavy (non-hydrogen) atoms. The summed E-state index contributed by atoms with van der Waals surface area (Å²) in [6.07, 6.45) is 1.52. The Kier molecular flexibility index (Phi) is 7.11. The normalized spacial score (nSPS) is 11.2. The quantitative estimate of drug-likeness (QED) is 0.403. The number of methoxy groups -OCH3 is 1. The highest BCUT2D eigenvalue weighted by Crippen LogP contribution is 2.20. The summed E-state index contributed by atoms with van der Waals surface area (Å²) in [5, 5.41) is 3.95. The largest absolute Gasteiger partial charge is 0.497 e. The van der Waals surface area contributed by atoms with Crippen LogP contribution < -0.4 is 19.8 Å². The van der Waals surface area contributed by atoms with Crippen LogP contribution >= 0.6 is 0 Å². The van der Waals surface area contributed by atoms with Crippen molar-refractivity contribution in [1.29, 1.82) is 0 Å². The van der Waals surface area contributed by atoms with Crippen molar-refractivity contribution in [2.45, 2.75) is 4.90 Å². The minimum atomic E-state index is -3.88. The number of carbonyl (C=O) groups excluding carboxylic acids is 1. The molecule has 1 amide bonds. The second kappa shape index (κ2) is 9.97. The maximum Gasteiger partial charge on any atom is 0.271 e. The third-order valence-electron chi connectivity index (χ3n) is 4.54. The van der Waals surface area contributed by atoms with Gasteiger partial charge in [-0.25, -0.2) is 13.8 Å². The number of anilines is 2. The van der Waals surface area contributed by atoms with Gasteiger partial charge in [0, 0.05) is 31.0 Å². The van der Waals surface area contributed by atoms with Crippen LogP contribution in [0.15, 0.2) is 82.8 Å². The Balaban J connectivity index is 1.67. The van der Waals surface area contributed by atoms with Gasteiger partial charge >= 0.3 is 0 Å². The highest BCUT2D eigenvalue weighted by molar-refractivity contribution is 7.92. The summed E-state index contributed by atoms with van der Waals surface area (Å²) >= 11 is 0. The predicted octanol–water partition coefficient (Wildman–Crippen LogP) is 3.33. The van der Waals surface area contributed by atoms with Crippen molar-refractivity contribution in [2.24, 2.45) is 5.10 Å². The van der Waals surface area contributed by atoms with E-state index in [9.17, 15) is 13.2 Å². The van der Waals surface area contributed by atoms with Gasteiger partial charge in [-0.15, -0.1) is 0 Å². The molecule has 3 aromatic carbocycles. The summed E-state index contributed by atoms with van der Waals surface area (Å²) in [5.74, 6) is 0.0912. The van der Waals surface area contributed by atoms with Crippen LogP contribution in [0.25, 0.3) is 0 Å². The number of nitrogens with one attached hydrogen (secondary N) is 2. The van der Waals surface area contributed by atoms with E-state index in [0.29, 0.717) is 11.4 Å². The molecule has 2 N–H and O–H groups in total. The molecule has 0 heterocycles. The minimum Gasteiger partial charge on any atom is -0.497 e. The van der Waals surface area contributed by atoms with Gasteiger partial charge in [0.15, 0.2) is 0 Å². The summed E-state index contributed by atoms with van der Waals surface area (Å²) in [4.78, 5) is 14.4. The Hall–Kier alpha value is -3.85. The number of ether oxygens (including phenoxy) is 1. The SMILES string of the molecule is COc1ccc(NS(=O)(=O)c2cccc(C(=O)N/N=C/c3ccc(N(C)C)cc3)c2)cc1. The van der Waals surface area contributed by atoms with Gasteiger partial charge in [-0.3, -0.25) is 9.52 Å². The van der Waals surface area contributed by atoms with Gasteiger partial charge in [-0.05, 0) is 60.2 Å². The number of sulfonamides is 1. The molecule has 0 radical (unpaired) electrons. The first-order chi connectivity index (χ1) is 15.3. The summed E-state index contributed by atoms with van der Waals surface area (Å²) in [5.41, 5.74) is 4.83. The van der Waals surface area contributed by atoms with Crippen molar-refractivity contribution in [1.82, 2.24) is 5.43 Å². The van der Waals surface area contributed by atoms with Crippen molar-refractivity contribution >= 4 is 33.5 Å². The average molecular weight is 453 g/mol. The number of hydrogen-bond acceptors (Lipinski definition) is 6. The molecular formula is C23H24N4O4S. The molecule has 0 spiro atoms. The summed E-state index contributed by atoms with van der Waals surface area (Å²) in [7, 11) is 1.55. The highest BCUT2D eigenvalue weighted by atomic mass is 32.2. The zero-order chi connectivity index (χ0) is 23.1. The van der Waals surface area contributed by atoms with E-state index >= 15 is 0 Å². The van der Waals surface area contributed by atoms with E-state index in [4.69, 9.17) is 4.74 Å². The van der Waals surface area contributed by atoms with Crippen molar-refractivity contribution in [2.75, 3.05) is 30.8 Å². The lowest BCUT2D eigenvalue weighted by Gasteiger charge is -2.11. The van der Waals surface area contributed by atoms with Crippen molar-refractivity contribution in [3.8, 4) is 5.75 Å². The van der Waals surface area contributed by atoms with Crippen molar-refractivity contribution < 1.29 is 17.9 Å². The Bertz CT molecular complexity index is 1210. The predicted molar refractivity (Wildman–Crippen MR) is 126 cm³/mol. The lowest BCUT2D eigenvalue weighted by molar-refractivity contribution is 0.0955. The molecule has 166 valence electrons. The maximum atomic E-state index is 12.7. The molecule has 0 saturated heterocycles. The molecule has 0 fully saturated rings. The molecule has 0 bridgehead atoms. The summed E-state index contributed by atoms with van der Waals surface area (Å²) < 4.78 is 32.9. The molecule has 8 nitrogen and oxygen atoms in total. The van der Waals surface area contributed by atoms with E-state index < -0.39 is 15.9 Å². The molecule has 0 unspecified atom stereocenters. The zero-order valence-corrected chi connectivity index (χ0v) is 18.8. The van der Waals surface area contributed by atoms with Crippen molar-refractivity contribution in [3.05, 3.63) is 83.9 Å². The van der Waals surface area contributed by atoms with E-state index in [1.807, 2.05) is 43.3 Å². The number of benzene rings is 3. The molecule has 0 aliphatic rings. The molecule has 3 aromatic rings. The number of carbonyl (C=O) groups is 1. The second-order valence-electron chi connectivity index (χ2n) is 7.05. The highest BCUT2D eigenvalue weighted by Gasteiger charge is 2.16. The van der Waals surface area contributed by atoms with Crippen LogP contribution in [0.1, 0.15) is 15.9 Å². The van der Waals surface area contributed by atoms with E-state index in [-0.39, 0.29) is 10.5 Å². The molecule has 3 rings (SSSR count). The Labute approximate surface area is 187 Å². The van der Waals surface area contributed by atoms with Crippen LogP contribution in [-0.2, 0) is 10.0 Å². The zero-order valence-electron chi connectivity index (χ0n) is 17.9. The molecule has 0 atom stereocenters. The van der Waals surface area contributed by atoms with Crippen LogP contribution in [0, 0.1) is 0 Å². The van der Waals surface area contributed by atoms with E-state index in [1.54, 1.807) is 24.3 Å². The Morgan fingerprint density at radius 3 is 2.31 bits per heavy atom. The number of hydrazone groups is 1. The average Bonchev–Trinajstić information content (AvgIpc) is 2.79. The first-order valence-corrected chi connectivity index (χ1v) is 11.1. The van der Waals surface area contributed by atoms with Gasteiger partial charge in [0.05, 0.1) is 18.2 Å². The second-order valence-corrected chi connectivity index (χ2v) is 8.73. The van der Waals surface area contributed by atoms with E-state index in [2.05, 4.69) is 15.2 Å². The molecular weight excluding hydrogens is 428 g/mol. The molecule has 0 aromatic heterocycles. The van der Waals surface area contributed by atoms with Gasteiger partial charge in [-0.1, -0.05) is 18.2 Å². The third-order valence-corrected chi connectivity index (χ3v) is 5.92. The van der Waals surface area contributed by atoms with Gasteiger partial charge in [0.2, 0.25) is 0 Å². The van der Waals surface area contributed by atoms with Crippen LogP contribution in [0.2, 0.25) is 0 Å². The van der Waals surface area contributed by atoms with Gasteiger partial charge in [-0.2, -0.15) is 5.10 Å². The van der Waals surface area contributed by atoms with Crippen LogP contribution in [0.3, 0.4) is 0 Å². The van der Waals surface area contributed by atoms with E-state index in [1.165, 1.54) is 37.6 Å². The molecule has 0 aliphatic carbocycles. The van der Waals surface area contributed by atoms with Crippen LogP contribution in [-0.4, -0.2) is 41.7 Å². The smallest absolute Gasteiger partial charge is 0.271 e. The number of nitrogens with zero attached hydrogens (tertiary/aromatic N) is 2. The third kappa shape index (κ3) is 5.86. The molecule has 0 saturated carbocycles. The number of rotatable bonds is 8. The van der Waals surface area contributed by atoms with Crippen LogP contribution in [0.5, 0.6) is 5.75 Å². The fourth-order valence-electron chi connectivity index (χ4n) is 2.77. The lowest BCUT2D eigenvalue weighted by atomic mass is 10.2. The summed E-state index contributed by atoms with van der Waals surface area (Å²) in [6.45, 7) is 0. The molecule has 0 aliphatic heterocycles. The molecule has 9 heteroatoms.